The maximum absolute atomic E-state index is 12.3. The fourth-order valence-corrected chi connectivity index (χ4v) is 3.30. The molecule has 0 radical (unpaired) electrons. The zero-order valence-corrected chi connectivity index (χ0v) is 18.1. The Bertz CT molecular complexity index is 1430. The van der Waals surface area contributed by atoms with Gasteiger partial charge in [-0.1, -0.05) is 17.7 Å². The van der Waals surface area contributed by atoms with Crippen LogP contribution in [-0.4, -0.2) is 30.5 Å². The largest absolute Gasteiger partial charge is 0.423 e. The molecule has 0 bridgehead atoms. The molecular formula is C25H20N6O2. The van der Waals surface area contributed by atoms with Gasteiger partial charge in [0.05, 0.1) is 5.56 Å². The number of rotatable bonds is 5. The lowest BCUT2D eigenvalue weighted by Gasteiger charge is -2.10. The number of nitrogens with one attached hydrogen (secondary N) is 1. The summed E-state index contributed by atoms with van der Waals surface area (Å²) >= 11 is 0. The summed E-state index contributed by atoms with van der Waals surface area (Å²) in [6.45, 7) is 3.87. The Hall–Kier alpha value is -4.59. The van der Waals surface area contributed by atoms with Gasteiger partial charge in [0, 0.05) is 35.4 Å². The number of anilines is 2. The lowest BCUT2D eigenvalue weighted by atomic mass is 10.1. The standard InChI is InChI=1S/C25H20N6O2/c1-16-5-7-18(8-6-16)24(32)33-21-11-9-20(10-12-21)28-22-14-17(2)27-25-29-23(30-31(22)25)19-4-3-13-26-15-19/h3-15,28H,1-2H3. The molecule has 1 N–H and O–H groups in total. The van der Waals surface area contributed by atoms with Gasteiger partial charge in [-0.2, -0.15) is 9.50 Å². The molecule has 0 saturated carbocycles. The van der Waals surface area contributed by atoms with E-state index in [1.54, 1.807) is 41.2 Å². The van der Waals surface area contributed by atoms with Crippen molar-refractivity contribution in [3.05, 3.63) is 95.9 Å². The summed E-state index contributed by atoms with van der Waals surface area (Å²) in [4.78, 5) is 25.5. The minimum atomic E-state index is -0.396. The Kier molecular flexibility index (Phi) is 5.24. The number of hydrogen-bond acceptors (Lipinski definition) is 7. The number of carbonyl (C=O) groups excluding carboxylic acids is 1. The molecule has 0 saturated heterocycles. The quantitative estimate of drug-likeness (QED) is 0.313. The van der Waals surface area contributed by atoms with E-state index in [-0.39, 0.29) is 0 Å². The summed E-state index contributed by atoms with van der Waals surface area (Å²) in [5.41, 5.74) is 4.01. The molecule has 8 heteroatoms. The Morgan fingerprint density at radius 3 is 2.48 bits per heavy atom. The van der Waals surface area contributed by atoms with Crippen LogP contribution in [0.15, 0.2) is 79.1 Å². The molecule has 8 nitrogen and oxygen atoms in total. The second kappa shape index (κ2) is 8.51. The molecule has 2 aromatic carbocycles. The van der Waals surface area contributed by atoms with Gasteiger partial charge in [0.15, 0.2) is 5.82 Å². The molecule has 0 aliphatic carbocycles. The van der Waals surface area contributed by atoms with Gasteiger partial charge < -0.3 is 10.1 Å². The van der Waals surface area contributed by atoms with Crippen molar-refractivity contribution in [1.29, 1.82) is 0 Å². The Balaban J connectivity index is 1.36. The van der Waals surface area contributed by atoms with Crippen molar-refractivity contribution in [3.8, 4) is 17.1 Å². The average Bonchev–Trinajstić information content (AvgIpc) is 3.25. The number of esters is 1. The molecule has 0 unspecified atom stereocenters. The summed E-state index contributed by atoms with van der Waals surface area (Å²) in [5, 5.41) is 7.92. The molecule has 5 rings (SSSR count). The van der Waals surface area contributed by atoms with Gasteiger partial charge in [-0.15, -0.1) is 5.10 Å². The Morgan fingerprint density at radius 2 is 1.76 bits per heavy atom. The first-order valence-corrected chi connectivity index (χ1v) is 10.4. The van der Waals surface area contributed by atoms with E-state index in [9.17, 15) is 4.79 Å². The average molecular weight is 436 g/mol. The zero-order valence-electron chi connectivity index (χ0n) is 18.1. The van der Waals surface area contributed by atoms with Gasteiger partial charge in [-0.05, 0) is 62.4 Å². The van der Waals surface area contributed by atoms with Crippen LogP contribution in [0.3, 0.4) is 0 Å². The third-order valence-electron chi connectivity index (χ3n) is 4.98. The number of carbonyl (C=O) groups is 1. The van der Waals surface area contributed by atoms with E-state index in [0.29, 0.717) is 28.7 Å². The molecule has 0 fully saturated rings. The third-order valence-corrected chi connectivity index (χ3v) is 4.98. The van der Waals surface area contributed by atoms with Crippen molar-refractivity contribution in [1.82, 2.24) is 24.6 Å². The van der Waals surface area contributed by atoms with Crippen LogP contribution in [-0.2, 0) is 0 Å². The predicted molar refractivity (Wildman–Crippen MR) is 125 cm³/mol. The highest BCUT2D eigenvalue weighted by Crippen LogP contribution is 2.23. The number of fused-ring (bicyclic) bond motifs is 1. The summed E-state index contributed by atoms with van der Waals surface area (Å²) in [6.07, 6.45) is 3.42. The number of pyridine rings is 1. The first-order valence-electron chi connectivity index (χ1n) is 10.4. The number of benzene rings is 2. The number of hydrogen-bond donors (Lipinski definition) is 1. The highest BCUT2D eigenvalue weighted by Gasteiger charge is 2.13. The highest BCUT2D eigenvalue weighted by atomic mass is 16.5. The predicted octanol–water partition coefficient (Wildman–Crippen LogP) is 4.77. The van der Waals surface area contributed by atoms with Gasteiger partial charge in [0.1, 0.15) is 11.6 Å². The normalized spacial score (nSPS) is 10.8. The molecule has 0 spiro atoms. The molecule has 0 amide bonds. The third kappa shape index (κ3) is 4.40. The fourth-order valence-electron chi connectivity index (χ4n) is 3.30. The summed E-state index contributed by atoms with van der Waals surface area (Å²) in [7, 11) is 0. The Morgan fingerprint density at radius 1 is 0.970 bits per heavy atom. The number of ether oxygens (including phenoxy) is 1. The molecule has 3 heterocycles. The monoisotopic (exact) mass is 436 g/mol. The first kappa shape index (κ1) is 20.3. The Labute approximate surface area is 189 Å². The molecule has 0 aliphatic heterocycles. The van der Waals surface area contributed by atoms with Gasteiger partial charge in [0.25, 0.3) is 5.78 Å². The van der Waals surface area contributed by atoms with Crippen molar-refractivity contribution in [2.75, 3.05) is 5.32 Å². The zero-order chi connectivity index (χ0) is 22.8. The highest BCUT2D eigenvalue weighted by molar-refractivity contribution is 5.91. The molecular weight excluding hydrogens is 416 g/mol. The van der Waals surface area contributed by atoms with Crippen LogP contribution in [0.5, 0.6) is 5.75 Å². The van der Waals surface area contributed by atoms with Crippen LogP contribution in [0.1, 0.15) is 21.6 Å². The summed E-state index contributed by atoms with van der Waals surface area (Å²) in [5.74, 6) is 1.81. The second-order valence-corrected chi connectivity index (χ2v) is 7.58. The van der Waals surface area contributed by atoms with Crippen LogP contribution in [0.2, 0.25) is 0 Å². The fraction of sp³-hybridized carbons (Fsp3) is 0.0800. The van der Waals surface area contributed by atoms with E-state index in [1.807, 2.05) is 56.3 Å². The lowest BCUT2D eigenvalue weighted by Crippen LogP contribution is -2.08. The number of nitrogens with zero attached hydrogens (tertiary/aromatic N) is 5. The maximum atomic E-state index is 12.3. The number of aromatic nitrogens is 5. The summed E-state index contributed by atoms with van der Waals surface area (Å²) < 4.78 is 7.13. The van der Waals surface area contributed by atoms with Crippen molar-refractivity contribution < 1.29 is 9.53 Å². The van der Waals surface area contributed by atoms with E-state index in [1.165, 1.54) is 0 Å². The van der Waals surface area contributed by atoms with E-state index in [0.717, 1.165) is 22.5 Å². The molecule has 33 heavy (non-hydrogen) atoms. The summed E-state index contributed by atoms with van der Waals surface area (Å²) in [6, 6.07) is 20.0. The minimum absolute atomic E-state index is 0.396. The van der Waals surface area contributed by atoms with Crippen LogP contribution in [0.25, 0.3) is 17.2 Å². The maximum Gasteiger partial charge on any atom is 0.343 e. The molecule has 0 atom stereocenters. The molecule has 0 aliphatic rings. The van der Waals surface area contributed by atoms with Crippen LogP contribution < -0.4 is 10.1 Å². The molecule has 162 valence electrons. The van der Waals surface area contributed by atoms with Gasteiger partial charge in [0.2, 0.25) is 0 Å². The van der Waals surface area contributed by atoms with E-state index < -0.39 is 5.97 Å². The number of aryl methyl sites for hydroxylation is 2. The first-order chi connectivity index (χ1) is 16.0. The van der Waals surface area contributed by atoms with E-state index >= 15 is 0 Å². The topological polar surface area (TPSA) is 94.3 Å². The SMILES string of the molecule is Cc1ccc(C(=O)Oc2ccc(Nc3cc(C)nc4nc(-c5cccnc5)nn34)cc2)cc1. The van der Waals surface area contributed by atoms with Crippen molar-refractivity contribution in [3.63, 3.8) is 0 Å². The van der Waals surface area contributed by atoms with Gasteiger partial charge in [-0.25, -0.2) is 9.78 Å². The lowest BCUT2D eigenvalue weighted by molar-refractivity contribution is 0.0735. The smallest absolute Gasteiger partial charge is 0.343 e. The van der Waals surface area contributed by atoms with E-state index in [2.05, 4.69) is 25.4 Å². The van der Waals surface area contributed by atoms with Gasteiger partial charge >= 0.3 is 5.97 Å². The minimum Gasteiger partial charge on any atom is -0.423 e. The molecule has 3 aromatic heterocycles. The van der Waals surface area contributed by atoms with Crippen LogP contribution in [0, 0.1) is 13.8 Å². The van der Waals surface area contributed by atoms with Crippen molar-refractivity contribution >= 4 is 23.3 Å². The molecule has 5 aromatic rings. The van der Waals surface area contributed by atoms with E-state index in [4.69, 9.17) is 4.74 Å². The van der Waals surface area contributed by atoms with Crippen LogP contribution >= 0.6 is 0 Å². The van der Waals surface area contributed by atoms with Crippen molar-refractivity contribution in [2.45, 2.75) is 13.8 Å². The van der Waals surface area contributed by atoms with Crippen LogP contribution in [0.4, 0.5) is 11.5 Å². The van der Waals surface area contributed by atoms with Gasteiger partial charge in [-0.3, -0.25) is 4.98 Å². The van der Waals surface area contributed by atoms with Crippen molar-refractivity contribution in [2.24, 2.45) is 0 Å². The second-order valence-electron chi connectivity index (χ2n) is 7.58.